The number of nitrogens with one attached hydrogen (secondary N) is 1. The summed E-state index contributed by atoms with van der Waals surface area (Å²) in [5.41, 5.74) is 4.11. The van der Waals surface area contributed by atoms with Crippen LogP contribution in [0.3, 0.4) is 0 Å². The van der Waals surface area contributed by atoms with Crippen molar-refractivity contribution in [3.63, 3.8) is 0 Å². The molecule has 0 fully saturated rings. The standard InChI is InChI=1S/C22H20FN3O3S/c1-28-10-9-14-5-7-15(8-6-14)19-13-30-22(24-19)25-21(27)20-12-18(26-29-20)16-3-2-4-17(23)11-16/h2-8,11,13,20H,9-10,12H2,1H3,(H,24,25,27). The van der Waals surface area contributed by atoms with E-state index < -0.39 is 6.10 Å². The molecule has 1 atom stereocenters. The Kier molecular flexibility index (Phi) is 6.15. The zero-order valence-corrected chi connectivity index (χ0v) is 17.1. The van der Waals surface area contributed by atoms with Gasteiger partial charge < -0.3 is 9.57 Å². The molecule has 2 heterocycles. The number of aromatic nitrogens is 1. The van der Waals surface area contributed by atoms with E-state index in [4.69, 9.17) is 9.57 Å². The normalized spacial score (nSPS) is 15.5. The minimum atomic E-state index is -0.768. The van der Waals surface area contributed by atoms with Crippen LogP contribution in [0.1, 0.15) is 17.5 Å². The van der Waals surface area contributed by atoms with Crippen LogP contribution >= 0.6 is 11.3 Å². The highest BCUT2D eigenvalue weighted by Gasteiger charge is 2.29. The molecule has 1 unspecified atom stereocenters. The Morgan fingerprint density at radius 2 is 2.10 bits per heavy atom. The molecule has 6 nitrogen and oxygen atoms in total. The third-order valence-electron chi connectivity index (χ3n) is 4.70. The van der Waals surface area contributed by atoms with Crippen LogP contribution in [0.15, 0.2) is 59.1 Å². The molecule has 2 aromatic carbocycles. The Labute approximate surface area is 177 Å². The lowest BCUT2D eigenvalue weighted by atomic mass is 10.0. The lowest BCUT2D eigenvalue weighted by Gasteiger charge is -2.07. The summed E-state index contributed by atoms with van der Waals surface area (Å²) in [6.45, 7) is 0.681. The van der Waals surface area contributed by atoms with Crippen molar-refractivity contribution in [3.8, 4) is 11.3 Å². The van der Waals surface area contributed by atoms with Crippen LogP contribution in [0, 0.1) is 5.82 Å². The van der Waals surface area contributed by atoms with Gasteiger partial charge in [0.2, 0.25) is 6.10 Å². The van der Waals surface area contributed by atoms with E-state index in [9.17, 15) is 9.18 Å². The maximum absolute atomic E-state index is 13.4. The first-order valence-electron chi connectivity index (χ1n) is 9.45. The molecule has 30 heavy (non-hydrogen) atoms. The average molecular weight is 425 g/mol. The Morgan fingerprint density at radius 3 is 2.87 bits per heavy atom. The first-order valence-corrected chi connectivity index (χ1v) is 10.3. The Balaban J connectivity index is 1.35. The lowest BCUT2D eigenvalue weighted by Crippen LogP contribution is -2.28. The number of hydrogen-bond donors (Lipinski definition) is 1. The highest BCUT2D eigenvalue weighted by Crippen LogP contribution is 2.26. The number of anilines is 1. The lowest BCUT2D eigenvalue weighted by molar-refractivity contribution is -0.125. The maximum Gasteiger partial charge on any atom is 0.270 e. The zero-order chi connectivity index (χ0) is 20.9. The molecule has 0 saturated heterocycles. The van der Waals surface area contributed by atoms with Crippen LogP contribution in [0.5, 0.6) is 0 Å². The SMILES string of the molecule is COCCc1ccc(-c2csc(NC(=O)C3CC(c4cccc(F)c4)=NO3)n2)cc1. The fourth-order valence-electron chi connectivity index (χ4n) is 3.07. The third-order valence-corrected chi connectivity index (χ3v) is 5.46. The quantitative estimate of drug-likeness (QED) is 0.614. The molecule has 1 aliphatic heterocycles. The Hall–Kier alpha value is -3.10. The van der Waals surface area contributed by atoms with Crippen molar-refractivity contribution < 1.29 is 18.8 Å². The van der Waals surface area contributed by atoms with Crippen LogP contribution in [0.25, 0.3) is 11.3 Å². The number of carbonyl (C=O) groups excluding carboxylic acids is 1. The van der Waals surface area contributed by atoms with Gasteiger partial charge in [-0.2, -0.15) is 0 Å². The number of ether oxygens (including phenoxy) is 1. The van der Waals surface area contributed by atoms with E-state index in [1.54, 1.807) is 19.2 Å². The Bertz CT molecular complexity index is 1070. The molecule has 0 saturated carbocycles. The number of halogens is 1. The molecule has 154 valence electrons. The first kappa shape index (κ1) is 20.2. The van der Waals surface area contributed by atoms with Gasteiger partial charge in [-0.3, -0.25) is 10.1 Å². The molecular formula is C22H20FN3O3S. The molecule has 1 N–H and O–H groups in total. The summed E-state index contributed by atoms with van der Waals surface area (Å²) in [6, 6.07) is 14.2. The molecule has 0 bridgehead atoms. The van der Waals surface area contributed by atoms with Crippen molar-refractivity contribution in [1.29, 1.82) is 0 Å². The second-order valence-electron chi connectivity index (χ2n) is 6.81. The van der Waals surface area contributed by atoms with E-state index in [-0.39, 0.29) is 18.1 Å². The number of rotatable bonds is 7. The van der Waals surface area contributed by atoms with Crippen LogP contribution in [-0.4, -0.2) is 36.4 Å². The number of oxime groups is 1. The molecule has 1 aliphatic rings. The number of methoxy groups -OCH3 is 1. The second-order valence-corrected chi connectivity index (χ2v) is 7.67. The smallest absolute Gasteiger partial charge is 0.270 e. The summed E-state index contributed by atoms with van der Waals surface area (Å²) in [4.78, 5) is 22.3. The summed E-state index contributed by atoms with van der Waals surface area (Å²) in [7, 11) is 1.69. The highest BCUT2D eigenvalue weighted by molar-refractivity contribution is 7.14. The molecule has 1 aromatic heterocycles. The average Bonchev–Trinajstić information content (AvgIpc) is 3.43. The number of amides is 1. The van der Waals surface area contributed by atoms with Crippen molar-refractivity contribution in [1.82, 2.24) is 4.98 Å². The number of benzene rings is 2. The largest absolute Gasteiger partial charge is 0.384 e. The van der Waals surface area contributed by atoms with Gasteiger partial charge in [-0.15, -0.1) is 11.3 Å². The topological polar surface area (TPSA) is 72.8 Å². The van der Waals surface area contributed by atoms with Gasteiger partial charge >= 0.3 is 0 Å². The zero-order valence-electron chi connectivity index (χ0n) is 16.3. The summed E-state index contributed by atoms with van der Waals surface area (Å²) >= 11 is 1.34. The maximum atomic E-state index is 13.4. The molecular weight excluding hydrogens is 405 g/mol. The minimum Gasteiger partial charge on any atom is -0.384 e. The molecule has 3 aromatic rings. The van der Waals surface area contributed by atoms with E-state index in [0.29, 0.717) is 23.0 Å². The predicted molar refractivity (Wildman–Crippen MR) is 114 cm³/mol. The van der Waals surface area contributed by atoms with Crippen molar-refractivity contribution in [2.75, 3.05) is 19.0 Å². The van der Waals surface area contributed by atoms with E-state index in [1.165, 1.54) is 29.0 Å². The van der Waals surface area contributed by atoms with Gasteiger partial charge in [-0.25, -0.2) is 9.37 Å². The summed E-state index contributed by atoms with van der Waals surface area (Å²) in [5, 5.41) is 9.09. The molecule has 1 amide bonds. The van der Waals surface area contributed by atoms with E-state index >= 15 is 0 Å². The van der Waals surface area contributed by atoms with Gasteiger partial charge in [0.05, 0.1) is 18.0 Å². The second kappa shape index (κ2) is 9.15. The molecule has 0 spiro atoms. The van der Waals surface area contributed by atoms with Gasteiger partial charge in [0.15, 0.2) is 5.13 Å². The third kappa shape index (κ3) is 4.72. The number of thiazole rings is 1. The van der Waals surface area contributed by atoms with Gasteiger partial charge in [0, 0.05) is 30.0 Å². The van der Waals surface area contributed by atoms with E-state index in [0.717, 1.165) is 17.7 Å². The van der Waals surface area contributed by atoms with E-state index in [2.05, 4.69) is 15.5 Å². The van der Waals surface area contributed by atoms with Crippen molar-refractivity contribution >= 4 is 28.1 Å². The van der Waals surface area contributed by atoms with Crippen molar-refractivity contribution in [2.45, 2.75) is 18.9 Å². The predicted octanol–water partition coefficient (Wildman–Crippen LogP) is 4.27. The number of nitrogens with zero attached hydrogens (tertiary/aromatic N) is 2. The molecule has 0 aliphatic carbocycles. The fraction of sp³-hybridized carbons (Fsp3) is 0.227. The molecule has 4 rings (SSSR count). The number of carbonyl (C=O) groups is 1. The summed E-state index contributed by atoms with van der Waals surface area (Å²) < 4.78 is 18.5. The minimum absolute atomic E-state index is 0.274. The summed E-state index contributed by atoms with van der Waals surface area (Å²) in [6.07, 6.45) is 0.364. The van der Waals surface area contributed by atoms with Gasteiger partial charge in [0.25, 0.3) is 5.91 Å². The molecule has 0 radical (unpaired) electrons. The van der Waals surface area contributed by atoms with Crippen LogP contribution in [0.4, 0.5) is 9.52 Å². The molecule has 8 heteroatoms. The van der Waals surface area contributed by atoms with Crippen LogP contribution in [0.2, 0.25) is 0 Å². The van der Waals surface area contributed by atoms with Gasteiger partial charge in [-0.05, 0) is 24.1 Å². The van der Waals surface area contributed by atoms with Crippen LogP contribution < -0.4 is 5.32 Å². The van der Waals surface area contributed by atoms with E-state index in [1.807, 2.05) is 29.6 Å². The van der Waals surface area contributed by atoms with Gasteiger partial charge in [-0.1, -0.05) is 41.6 Å². The fourth-order valence-corrected chi connectivity index (χ4v) is 3.79. The summed E-state index contributed by atoms with van der Waals surface area (Å²) in [5.74, 6) is -0.689. The van der Waals surface area contributed by atoms with Gasteiger partial charge in [0.1, 0.15) is 5.82 Å². The monoisotopic (exact) mass is 425 g/mol. The Morgan fingerprint density at radius 1 is 1.27 bits per heavy atom. The van der Waals surface area contributed by atoms with Crippen molar-refractivity contribution in [2.24, 2.45) is 5.16 Å². The van der Waals surface area contributed by atoms with Crippen molar-refractivity contribution in [3.05, 3.63) is 70.9 Å². The van der Waals surface area contributed by atoms with Crippen LogP contribution in [-0.2, 0) is 20.8 Å². The highest BCUT2D eigenvalue weighted by atomic mass is 32.1. The number of hydrogen-bond acceptors (Lipinski definition) is 6. The first-order chi connectivity index (χ1) is 14.6.